The number of hydrogen-bond donors (Lipinski definition) is 0. The molecule has 144 valence electrons. The van der Waals surface area contributed by atoms with E-state index < -0.39 is 0 Å². The van der Waals surface area contributed by atoms with Crippen molar-refractivity contribution in [2.45, 2.75) is 20.0 Å². The highest BCUT2D eigenvalue weighted by Gasteiger charge is 2.12. The summed E-state index contributed by atoms with van der Waals surface area (Å²) < 4.78 is 12.4. The molecule has 3 aromatic rings. The number of methoxy groups -OCH3 is 1. The Morgan fingerprint density at radius 3 is 2.32 bits per heavy atom. The van der Waals surface area contributed by atoms with Crippen molar-refractivity contribution in [1.29, 1.82) is 0 Å². The molecule has 0 spiro atoms. The molecule has 0 atom stereocenters. The van der Waals surface area contributed by atoms with E-state index in [-0.39, 0.29) is 0 Å². The highest BCUT2D eigenvalue weighted by atomic mass is 79.9. The van der Waals surface area contributed by atoms with Crippen LogP contribution < -0.4 is 9.47 Å². The fourth-order valence-electron chi connectivity index (χ4n) is 2.66. The Kier molecular flexibility index (Phi) is 7.12. The van der Waals surface area contributed by atoms with Crippen LogP contribution in [0.3, 0.4) is 0 Å². The summed E-state index contributed by atoms with van der Waals surface area (Å²) >= 11 is 9.88. The summed E-state index contributed by atoms with van der Waals surface area (Å²) in [4.78, 5) is 4.52. The van der Waals surface area contributed by atoms with Gasteiger partial charge in [-0.3, -0.25) is 4.99 Å². The second-order valence-electron chi connectivity index (χ2n) is 6.23. The largest absolute Gasteiger partial charge is 0.493 e. The van der Waals surface area contributed by atoms with E-state index in [4.69, 9.17) is 21.1 Å². The number of ether oxygens (including phenoxy) is 2. The van der Waals surface area contributed by atoms with Gasteiger partial charge in [0.2, 0.25) is 0 Å². The first kappa shape index (κ1) is 20.4. The fraction of sp³-hybridized carbons (Fsp3) is 0.174. The average molecular weight is 459 g/mol. The molecule has 0 aliphatic rings. The lowest BCUT2D eigenvalue weighted by molar-refractivity contribution is 0.284. The normalized spacial score (nSPS) is 11.0. The molecule has 0 aromatic heterocycles. The Hall–Kier alpha value is -2.30. The first-order valence-corrected chi connectivity index (χ1v) is 10.1. The van der Waals surface area contributed by atoms with Gasteiger partial charge in [-0.2, -0.15) is 0 Å². The topological polar surface area (TPSA) is 30.8 Å². The van der Waals surface area contributed by atoms with E-state index in [1.807, 2.05) is 48.5 Å². The summed E-state index contributed by atoms with van der Waals surface area (Å²) in [5, 5.41) is 0.485. The molecule has 0 N–H and O–H groups in total. The van der Waals surface area contributed by atoms with E-state index in [0.29, 0.717) is 23.1 Å². The van der Waals surface area contributed by atoms with E-state index in [1.54, 1.807) is 13.3 Å². The minimum Gasteiger partial charge on any atom is -0.493 e. The van der Waals surface area contributed by atoms with Gasteiger partial charge in [0.15, 0.2) is 11.5 Å². The van der Waals surface area contributed by atoms with Crippen molar-refractivity contribution in [3.63, 3.8) is 0 Å². The molecular weight excluding hydrogens is 438 g/mol. The molecule has 3 aromatic carbocycles. The van der Waals surface area contributed by atoms with Gasteiger partial charge in [0.1, 0.15) is 6.61 Å². The summed E-state index contributed by atoms with van der Waals surface area (Å²) in [7, 11) is 1.60. The van der Waals surface area contributed by atoms with Gasteiger partial charge in [0, 0.05) is 10.7 Å². The third-order valence-electron chi connectivity index (χ3n) is 4.26. The smallest absolute Gasteiger partial charge is 0.180 e. The van der Waals surface area contributed by atoms with Gasteiger partial charge in [0.05, 0.1) is 17.8 Å². The molecule has 0 saturated heterocycles. The third kappa shape index (κ3) is 5.37. The number of halogens is 2. The molecule has 5 heteroatoms. The standard InChI is InChI=1S/C23H21BrClNO2/c1-3-16-6-10-20(11-7-16)26-14-18-12-21(25)23(22(13-18)27-2)28-15-17-4-8-19(24)9-5-17/h4-14H,3,15H2,1-2H3. The van der Waals surface area contributed by atoms with Gasteiger partial charge in [0.25, 0.3) is 0 Å². The number of hydrogen-bond acceptors (Lipinski definition) is 3. The predicted molar refractivity (Wildman–Crippen MR) is 120 cm³/mol. The summed E-state index contributed by atoms with van der Waals surface area (Å²) in [6, 6.07) is 19.8. The van der Waals surface area contributed by atoms with Crippen LogP contribution in [0.5, 0.6) is 11.5 Å². The van der Waals surface area contributed by atoms with Gasteiger partial charge in [-0.15, -0.1) is 0 Å². The minimum atomic E-state index is 0.403. The Labute approximate surface area is 179 Å². The van der Waals surface area contributed by atoms with Crippen molar-refractivity contribution in [3.05, 3.63) is 86.8 Å². The Morgan fingerprint density at radius 1 is 1.00 bits per heavy atom. The molecule has 0 saturated carbocycles. The van der Waals surface area contributed by atoms with Crippen molar-refractivity contribution in [2.24, 2.45) is 4.99 Å². The number of rotatable bonds is 7. The van der Waals surface area contributed by atoms with Crippen LogP contribution in [-0.4, -0.2) is 13.3 Å². The van der Waals surface area contributed by atoms with Crippen LogP contribution >= 0.6 is 27.5 Å². The molecule has 0 aliphatic carbocycles. The lowest BCUT2D eigenvalue weighted by atomic mass is 10.1. The SMILES string of the molecule is CCc1ccc(N=Cc2cc(Cl)c(OCc3ccc(Br)cc3)c(OC)c2)cc1. The van der Waals surface area contributed by atoms with Gasteiger partial charge >= 0.3 is 0 Å². The zero-order valence-corrected chi connectivity index (χ0v) is 18.1. The molecule has 3 nitrogen and oxygen atoms in total. The molecule has 28 heavy (non-hydrogen) atoms. The minimum absolute atomic E-state index is 0.403. The van der Waals surface area contributed by atoms with Gasteiger partial charge in [-0.1, -0.05) is 58.7 Å². The monoisotopic (exact) mass is 457 g/mol. The molecule has 0 aliphatic heterocycles. The third-order valence-corrected chi connectivity index (χ3v) is 5.06. The summed E-state index contributed by atoms with van der Waals surface area (Å²) in [5.41, 5.74) is 4.07. The first-order chi connectivity index (χ1) is 13.6. The summed E-state index contributed by atoms with van der Waals surface area (Å²) in [6.45, 7) is 2.54. The molecule has 0 fully saturated rings. The first-order valence-electron chi connectivity index (χ1n) is 8.97. The quantitative estimate of drug-likeness (QED) is 0.357. The number of aryl methyl sites for hydroxylation is 1. The van der Waals surface area contributed by atoms with Crippen LogP contribution in [0, 0.1) is 0 Å². The van der Waals surface area contributed by atoms with Crippen molar-refractivity contribution in [3.8, 4) is 11.5 Å². The van der Waals surface area contributed by atoms with Crippen LogP contribution in [-0.2, 0) is 13.0 Å². The van der Waals surface area contributed by atoms with E-state index in [0.717, 1.165) is 27.7 Å². The number of aliphatic imine (C=N–C) groups is 1. The van der Waals surface area contributed by atoms with Crippen molar-refractivity contribution in [2.75, 3.05) is 7.11 Å². The zero-order chi connectivity index (χ0) is 19.9. The molecule has 0 amide bonds. The maximum absolute atomic E-state index is 6.45. The van der Waals surface area contributed by atoms with E-state index >= 15 is 0 Å². The van der Waals surface area contributed by atoms with Gasteiger partial charge < -0.3 is 9.47 Å². The lowest BCUT2D eigenvalue weighted by Crippen LogP contribution is -1.99. The molecule has 0 unspecified atom stereocenters. The lowest BCUT2D eigenvalue weighted by Gasteiger charge is -2.13. The number of nitrogens with zero attached hydrogens (tertiary/aromatic N) is 1. The molecule has 0 radical (unpaired) electrons. The van der Waals surface area contributed by atoms with E-state index in [9.17, 15) is 0 Å². The maximum Gasteiger partial charge on any atom is 0.180 e. The molecular formula is C23H21BrClNO2. The zero-order valence-electron chi connectivity index (χ0n) is 15.8. The molecule has 3 rings (SSSR count). The summed E-state index contributed by atoms with van der Waals surface area (Å²) in [5.74, 6) is 1.10. The van der Waals surface area contributed by atoms with E-state index in [2.05, 4.69) is 40.0 Å². The fourth-order valence-corrected chi connectivity index (χ4v) is 3.20. The second kappa shape index (κ2) is 9.76. The highest BCUT2D eigenvalue weighted by Crippen LogP contribution is 2.36. The Balaban J connectivity index is 1.76. The van der Waals surface area contributed by atoms with Gasteiger partial charge in [-0.05, 0) is 59.5 Å². The molecule has 0 heterocycles. The summed E-state index contributed by atoms with van der Waals surface area (Å²) in [6.07, 6.45) is 2.78. The Bertz CT molecular complexity index is 954. The number of benzene rings is 3. The van der Waals surface area contributed by atoms with Gasteiger partial charge in [-0.25, -0.2) is 0 Å². The van der Waals surface area contributed by atoms with Crippen LogP contribution in [0.25, 0.3) is 0 Å². The average Bonchev–Trinajstić information content (AvgIpc) is 2.72. The van der Waals surface area contributed by atoms with Crippen LogP contribution in [0.15, 0.2) is 70.1 Å². The van der Waals surface area contributed by atoms with Crippen LogP contribution in [0.4, 0.5) is 5.69 Å². The highest BCUT2D eigenvalue weighted by molar-refractivity contribution is 9.10. The van der Waals surface area contributed by atoms with Crippen molar-refractivity contribution in [1.82, 2.24) is 0 Å². The van der Waals surface area contributed by atoms with E-state index in [1.165, 1.54) is 5.56 Å². The Morgan fingerprint density at radius 2 is 1.68 bits per heavy atom. The van der Waals surface area contributed by atoms with Crippen molar-refractivity contribution >= 4 is 39.4 Å². The van der Waals surface area contributed by atoms with Crippen LogP contribution in [0.2, 0.25) is 5.02 Å². The molecule has 0 bridgehead atoms. The second-order valence-corrected chi connectivity index (χ2v) is 7.55. The maximum atomic E-state index is 6.45. The van der Waals surface area contributed by atoms with Crippen LogP contribution in [0.1, 0.15) is 23.6 Å². The predicted octanol–water partition coefficient (Wildman–Crippen LogP) is 7.00. The van der Waals surface area contributed by atoms with Crippen molar-refractivity contribution < 1.29 is 9.47 Å².